The Hall–Kier alpha value is -3.05. The highest BCUT2D eigenvalue weighted by atomic mass is 32.2. The zero-order chi connectivity index (χ0) is 20.9. The molecule has 0 saturated heterocycles. The number of anilines is 1. The fraction of sp³-hybridized carbons (Fsp3) is 0.200. The maximum absolute atomic E-state index is 13.0. The molecule has 0 fully saturated rings. The second kappa shape index (κ2) is 9.18. The monoisotopic (exact) mass is 416 g/mol. The molecule has 0 bridgehead atoms. The van der Waals surface area contributed by atoms with E-state index in [9.17, 15) is 9.59 Å². The molecule has 5 heteroatoms. The van der Waals surface area contributed by atoms with Gasteiger partial charge in [-0.05, 0) is 71.4 Å². The second-order valence-electron chi connectivity index (χ2n) is 7.37. The van der Waals surface area contributed by atoms with Crippen LogP contribution in [0.2, 0.25) is 0 Å². The van der Waals surface area contributed by atoms with Crippen molar-refractivity contribution in [2.45, 2.75) is 18.9 Å². The third kappa shape index (κ3) is 4.41. The van der Waals surface area contributed by atoms with Gasteiger partial charge in [-0.25, -0.2) is 0 Å². The van der Waals surface area contributed by atoms with Crippen LogP contribution in [0.3, 0.4) is 0 Å². The highest BCUT2D eigenvalue weighted by Gasteiger charge is 2.23. The summed E-state index contributed by atoms with van der Waals surface area (Å²) in [6.45, 7) is 0. The summed E-state index contributed by atoms with van der Waals surface area (Å²) in [5.41, 5.74) is 6.26. The van der Waals surface area contributed by atoms with Gasteiger partial charge in [0.2, 0.25) is 5.91 Å². The minimum Gasteiger partial charge on any atom is -0.340 e. The number of benzene rings is 3. The predicted molar refractivity (Wildman–Crippen MR) is 124 cm³/mol. The van der Waals surface area contributed by atoms with Crippen LogP contribution in [0.25, 0.3) is 11.1 Å². The van der Waals surface area contributed by atoms with Crippen molar-refractivity contribution in [3.8, 4) is 11.1 Å². The lowest BCUT2D eigenvalue weighted by molar-refractivity contribution is -0.118. The highest BCUT2D eigenvalue weighted by Crippen LogP contribution is 2.37. The molecule has 2 amide bonds. The molecule has 2 N–H and O–H groups in total. The first kappa shape index (κ1) is 20.2. The minimum atomic E-state index is -0.592. The standard InChI is InChI=1S/C25H24N2O2S/c1-30-14-13-23(27-24(28)17-7-3-2-4-8-17)25(29)26-20-12-11-19-15-18-9-5-6-10-21(18)22(19)16-20/h2-12,16,23H,13-15H2,1H3,(H,26,29)(H,27,28)/t23-/m0/s1. The van der Waals surface area contributed by atoms with Crippen LogP contribution in [0.5, 0.6) is 0 Å². The molecule has 152 valence electrons. The van der Waals surface area contributed by atoms with E-state index in [-0.39, 0.29) is 11.8 Å². The third-order valence-electron chi connectivity index (χ3n) is 5.33. The molecule has 0 heterocycles. The van der Waals surface area contributed by atoms with Crippen LogP contribution in [0.15, 0.2) is 72.8 Å². The fourth-order valence-corrected chi connectivity index (χ4v) is 4.24. The molecule has 0 radical (unpaired) electrons. The Labute approximate surface area is 181 Å². The summed E-state index contributed by atoms with van der Waals surface area (Å²) >= 11 is 1.65. The molecule has 1 atom stereocenters. The quantitative estimate of drug-likeness (QED) is 0.457. The van der Waals surface area contributed by atoms with Gasteiger partial charge in [0.1, 0.15) is 6.04 Å². The van der Waals surface area contributed by atoms with Crippen molar-refractivity contribution in [3.63, 3.8) is 0 Å². The zero-order valence-corrected chi connectivity index (χ0v) is 17.7. The van der Waals surface area contributed by atoms with E-state index in [1.165, 1.54) is 16.7 Å². The van der Waals surface area contributed by atoms with Gasteiger partial charge in [-0.2, -0.15) is 11.8 Å². The number of fused-ring (bicyclic) bond motifs is 3. The average molecular weight is 417 g/mol. The van der Waals surface area contributed by atoms with E-state index in [0.717, 1.165) is 23.4 Å². The summed E-state index contributed by atoms with van der Waals surface area (Å²) in [6.07, 6.45) is 3.48. The minimum absolute atomic E-state index is 0.195. The molecule has 1 aliphatic carbocycles. The Morgan fingerprint density at radius 2 is 1.67 bits per heavy atom. The molecule has 30 heavy (non-hydrogen) atoms. The molecule has 0 unspecified atom stereocenters. The van der Waals surface area contributed by atoms with Gasteiger partial charge < -0.3 is 10.6 Å². The van der Waals surface area contributed by atoms with Gasteiger partial charge in [-0.3, -0.25) is 9.59 Å². The summed E-state index contributed by atoms with van der Waals surface area (Å²) in [6, 6.07) is 22.8. The van der Waals surface area contributed by atoms with E-state index < -0.39 is 6.04 Å². The normalized spacial score (nSPS) is 12.6. The van der Waals surface area contributed by atoms with E-state index in [4.69, 9.17) is 0 Å². The molecular formula is C25H24N2O2S. The Bertz CT molecular complexity index is 1070. The van der Waals surface area contributed by atoms with E-state index in [1.807, 2.05) is 42.7 Å². The Morgan fingerprint density at radius 3 is 2.47 bits per heavy atom. The number of rotatable bonds is 7. The van der Waals surface area contributed by atoms with Gasteiger partial charge in [-0.15, -0.1) is 0 Å². The molecule has 1 aliphatic rings. The average Bonchev–Trinajstić information content (AvgIpc) is 3.15. The van der Waals surface area contributed by atoms with Crippen LogP contribution in [0.4, 0.5) is 5.69 Å². The van der Waals surface area contributed by atoms with Gasteiger partial charge in [0.25, 0.3) is 5.91 Å². The SMILES string of the molecule is CSCC[C@H](NC(=O)c1ccccc1)C(=O)Nc1ccc2c(c1)-c1ccccc1C2. The van der Waals surface area contributed by atoms with E-state index in [0.29, 0.717) is 12.0 Å². The first-order valence-corrected chi connectivity index (χ1v) is 11.4. The van der Waals surface area contributed by atoms with Crippen molar-refractivity contribution in [1.29, 1.82) is 0 Å². The number of hydrogen-bond acceptors (Lipinski definition) is 3. The highest BCUT2D eigenvalue weighted by molar-refractivity contribution is 7.98. The lowest BCUT2D eigenvalue weighted by Crippen LogP contribution is -2.44. The van der Waals surface area contributed by atoms with E-state index in [1.54, 1.807) is 23.9 Å². The van der Waals surface area contributed by atoms with E-state index in [2.05, 4.69) is 34.9 Å². The van der Waals surface area contributed by atoms with Crippen LogP contribution >= 0.6 is 11.8 Å². The number of carbonyl (C=O) groups is 2. The Morgan fingerprint density at radius 1 is 0.933 bits per heavy atom. The second-order valence-corrected chi connectivity index (χ2v) is 8.35. The molecule has 4 nitrogen and oxygen atoms in total. The molecule has 0 saturated carbocycles. The van der Waals surface area contributed by atoms with E-state index >= 15 is 0 Å². The number of carbonyl (C=O) groups excluding carboxylic acids is 2. The predicted octanol–water partition coefficient (Wildman–Crippen LogP) is 4.75. The number of thioether (sulfide) groups is 1. The van der Waals surface area contributed by atoms with Crippen LogP contribution in [-0.2, 0) is 11.2 Å². The van der Waals surface area contributed by atoms with Gasteiger partial charge in [0.05, 0.1) is 0 Å². The smallest absolute Gasteiger partial charge is 0.251 e. The third-order valence-corrected chi connectivity index (χ3v) is 5.98. The molecular weight excluding hydrogens is 392 g/mol. The van der Waals surface area contributed by atoms with Gasteiger partial charge in [0, 0.05) is 11.3 Å². The van der Waals surface area contributed by atoms with Gasteiger partial charge in [0.15, 0.2) is 0 Å². The largest absolute Gasteiger partial charge is 0.340 e. The summed E-state index contributed by atoms with van der Waals surface area (Å²) in [4.78, 5) is 25.6. The van der Waals surface area contributed by atoms with Crippen molar-refractivity contribution in [2.24, 2.45) is 0 Å². The molecule has 3 aromatic rings. The first-order chi connectivity index (χ1) is 14.7. The van der Waals surface area contributed by atoms with Crippen molar-refractivity contribution in [3.05, 3.63) is 89.5 Å². The lowest BCUT2D eigenvalue weighted by atomic mass is 10.1. The van der Waals surface area contributed by atoms with Crippen molar-refractivity contribution in [2.75, 3.05) is 17.3 Å². The van der Waals surface area contributed by atoms with Gasteiger partial charge in [-0.1, -0.05) is 48.5 Å². The molecule has 3 aromatic carbocycles. The summed E-state index contributed by atoms with van der Waals surface area (Å²) in [5.74, 6) is 0.351. The molecule has 4 rings (SSSR count). The number of hydrogen-bond donors (Lipinski definition) is 2. The maximum Gasteiger partial charge on any atom is 0.251 e. The first-order valence-electron chi connectivity index (χ1n) is 10.0. The van der Waals surface area contributed by atoms with Crippen LogP contribution in [0.1, 0.15) is 27.9 Å². The fourth-order valence-electron chi connectivity index (χ4n) is 3.77. The lowest BCUT2D eigenvalue weighted by Gasteiger charge is -2.18. The topological polar surface area (TPSA) is 58.2 Å². The van der Waals surface area contributed by atoms with Crippen molar-refractivity contribution < 1.29 is 9.59 Å². The maximum atomic E-state index is 13.0. The van der Waals surface area contributed by atoms with Crippen molar-refractivity contribution >= 4 is 29.3 Å². The molecule has 0 aliphatic heterocycles. The molecule has 0 spiro atoms. The summed E-state index contributed by atoms with van der Waals surface area (Å²) in [7, 11) is 0. The van der Waals surface area contributed by atoms with Crippen LogP contribution < -0.4 is 10.6 Å². The summed E-state index contributed by atoms with van der Waals surface area (Å²) < 4.78 is 0. The van der Waals surface area contributed by atoms with Gasteiger partial charge >= 0.3 is 0 Å². The van der Waals surface area contributed by atoms with Crippen LogP contribution in [-0.4, -0.2) is 29.9 Å². The number of nitrogens with one attached hydrogen (secondary N) is 2. The number of amides is 2. The summed E-state index contributed by atoms with van der Waals surface area (Å²) in [5, 5.41) is 5.90. The Kier molecular flexibility index (Phi) is 6.19. The Balaban J connectivity index is 1.50. The molecule has 0 aromatic heterocycles. The van der Waals surface area contributed by atoms with Crippen molar-refractivity contribution in [1.82, 2.24) is 5.32 Å². The van der Waals surface area contributed by atoms with Crippen LogP contribution in [0, 0.1) is 0 Å². The zero-order valence-electron chi connectivity index (χ0n) is 16.9.